The highest BCUT2D eigenvalue weighted by atomic mass is 16.1. The van der Waals surface area contributed by atoms with E-state index < -0.39 is 0 Å². The van der Waals surface area contributed by atoms with Crippen LogP contribution in [0.2, 0.25) is 0 Å². The summed E-state index contributed by atoms with van der Waals surface area (Å²) in [6, 6.07) is 5.77. The molecule has 110 valence electrons. The highest BCUT2D eigenvalue weighted by molar-refractivity contribution is 5.59. The third-order valence-electron chi connectivity index (χ3n) is 4.15. The fraction of sp³-hybridized carbons (Fsp3) is 0.438. The molecule has 3 rings (SSSR count). The largest absolute Gasteiger partial charge is 0.339 e. The minimum Gasteiger partial charge on any atom is -0.339 e. The number of piperidine rings is 1. The van der Waals surface area contributed by atoms with Crippen molar-refractivity contribution >= 4 is 5.95 Å². The maximum absolute atomic E-state index is 12.3. The molecule has 1 unspecified atom stereocenters. The van der Waals surface area contributed by atoms with Crippen LogP contribution >= 0.6 is 0 Å². The topological polar surface area (TPSA) is 51.0 Å². The molecule has 1 aliphatic heterocycles. The molecular formula is C16H20N4O. The van der Waals surface area contributed by atoms with Crippen LogP contribution in [0.25, 0.3) is 11.3 Å². The van der Waals surface area contributed by atoms with Crippen molar-refractivity contribution in [2.45, 2.75) is 32.2 Å². The van der Waals surface area contributed by atoms with Gasteiger partial charge in [-0.3, -0.25) is 14.3 Å². The third-order valence-corrected chi connectivity index (χ3v) is 4.15. The Morgan fingerprint density at radius 2 is 2.00 bits per heavy atom. The number of anilines is 1. The summed E-state index contributed by atoms with van der Waals surface area (Å²) in [5.41, 5.74) is 1.62. The van der Waals surface area contributed by atoms with Crippen LogP contribution in [-0.4, -0.2) is 27.1 Å². The van der Waals surface area contributed by atoms with E-state index in [4.69, 9.17) is 4.98 Å². The van der Waals surface area contributed by atoms with Gasteiger partial charge >= 0.3 is 0 Å². The van der Waals surface area contributed by atoms with E-state index in [0.717, 1.165) is 30.9 Å². The van der Waals surface area contributed by atoms with Crippen molar-refractivity contribution in [2.75, 3.05) is 11.4 Å². The maximum Gasteiger partial charge on any atom is 0.255 e. The zero-order valence-corrected chi connectivity index (χ0v) is 12.5. The summed E-state index contributed by atoms with van der Waals surface area (Å²) < 4.78 is 1.65. The standard InChI is InChI=1S/C16H20N4O/c1-12-5-3-4-10-20(12)16-18-14(11-15(21)19(16)2)13-6-8-17-9-7-13/h6-9,11-12H,3-5,10H2,1-2H3. The van der Waals surface area contributed by atoms with Gasteiger partial charge in [-0.15, -0.1) is 0 Å². The smallest absolute Gasteiger partial charge is 0.255 e. The van der Waals surface area contributed by atoms with Crippen molar-refractivity contribution in [1.29, 1.82) is 0 Å². The number of hydrogen-bond acceptors (Lipinski definition) is 4. The number of pyridine rings is 1. The summed E-state index contributed by atoms with van der Waals surface area (Å²) >= 11 is 0. The Morgan fingerprint density at radius 3 is 2.71 bits per heavy atom. The van der Waals surface area contributed by atoms with Gasteiger partial charge in [-0.25, -0.2) is 4.98 Å². The van der Waals surface area contributed by atoms with E-state index in [2.05, 4.69) is 16.8 Å². The Balaban J connectivity index is 2.08. The zero-order valence-electron chi connectivity index (χ0n) is 12.5. The van der Waals surface area contributed by atoms with Crippen molar-refractivity contribution in [3.8, 4) is 11.3 Å². The molecule has 0 aromatic carbocycles. The molecule has 0 bridgehead atoms. The molecule has 1 fully saturated rings. The van der Waals surface area contributed by atoms with E-state index in [-0.39, 0.29) is 5.56 Å². The van der Waals surface area contributed by atoms with Crippen molar-refractivity contribution in [2.24, 2.45) is 7.05 Å². The summed E-state index contributed by atoms with van der Waals surface area (Å²) in [6.45, 7) is 3.16. The Hall–Kier alpha value is -2.17. The molecule has 1 saturated heterocycles. The van der Waals surface area contributed by atoms with Gasteiger partial charge in [0, 0.05) is 43.7 Å². The predicted molar refractivity (Wildman–Crippen MR) is 83.4 cm³/mol. The van der Waals surface area contributed by atoms with E-state index in [1.54, 1.807) is 30.1 Å². The average Bonchev–Trinajstić information content (AvgIpc) is 2.51. The van der Waals surface area contributed by atoms with E-state index in [9.17, 15) is 4.79 Å². The third kappa shape index (κ3) is 2.68. The van der Waals surface area contributed by atoms with Crippen molar-refractivity contribution in [3.05, 3.63) is 40.9 Å². The molecule has 5 nitrogen and oxygen atoms in total. The van der Waals surface area contributed by atoms with Crippen LogP contribution in [0, 0.1) is 0 Å². The van der Waals surface area contributed by atoms with Gasteiger partial charge < -0.3 is 4.90 Å². The second-order valence-electron chi connectivity index (χ2n) is 5.61. The fourth-order valence-corrected chi connectivity index (χ4v) is 2.85. The lowest BCUT2D eigenvalue weighted by Crippen LogP contribution is -2.41. The summed E-state index contributed by atoms with van der Waals surface area (Å²) in [6.07, 6.45) is 6.99. The lowest BCUT2D eigenvalue weighted by Gasteiger charge is -2.35. The van der Waals surface area contributed by atoms with Gasteiger partial charge in [0.2, 0.25) is 5.95 Å². The Morgan fingerprint density at radius 1 is 1.24 bits per heavy atom. The first kappa shape index (κ1) is 13.8. The summed E-state index contributed by atoms with van der Waals surface area (Å²) in [5.74, 6) is 0.765. The van der Waals surface area contributed by atoms with Gasteiger partial charge in [0.05, 0.1) is 5.69 Å². The maximum atomic E-state index is 12.3. The number of aromatic nitrogens is 3. The molecule has 0 radical (unpaired) electrons. The normalized spacial score (nSPS) is 18.8. The zero-order chi connectivity index (χ0) is 14.8. The SMILES string of the molecule is CC1CCCCN1c1nc(-c2ccncc2)cc(=O)n1C. The second kappa shape index (κ2) is 5.68. The minimum atomic E-state index is -0.0235. The van der Waals surface area contributed by atoms with Gasteiger partial charge in [-0.2, -0.15) is 0 Å². The lowest BCUT2D eigenvalue weighted by molar-refractivity contribution is 0.470. The molecule has 5 heteroatoms. The molecule has 2 aromatic rings. The van der Waals surface area contributed by atoms with Gasteiger partial charge in [0.25, 0.3) is 5.56 Å². The molecule has 0 aliphatic carbocycles. The molecule has 21 heavy (non-hydrogen) atoms. The summed E-state index contributed by atoms with van der Waals surface area (Å²) in [5, 5.41) is 0. The number of nitrogens with zero attached hydrogens (tertiary/aromatic N) is 4. The van der Waals surface area contributed by atoms with Crippen LogP contribution in [0.5, 0.6) is 0 Å². The molecule has 3 heterocycles. The lowest BCUT2D eigenvalue weighted by atomic mass is 10.0. The highest BCUT2D eigenvalue weighted by Crippen LogP contribution is 2.24. The molecule has 2 aromatic heterocycles. The first-order valence-corrected chi connectivity index (χ1v) is 7.42. The molecule has 1 aliphatic rings. The van der Waals surface area contributed by atoms with Crippen LogP contribution in [0.3, 0.4) is 0 Å². The Labute approximate surface area is 124 Å². The molecule has 1 atom stereocenters. The summed E-state index contributed by atoms with van der Waals surface area (Å²) in [4.78, 5) is 23.3. The highest BCUT2D eigenvalue weighted by Gasteiger charge is 2.22. The Kier molecular flexibility index (Phi) is 3.73. The van der Waals surface area contributed by atoms with E-state index in [1.807, 2.05) is 12.1 Å². The molecular weight excluding hydrogens is 264 g/mol. The Bertz CT molecular complexity index is 680. The average molecular weight is 284 g/mol. The van der Waals surface area contributed by atoms with Gasteiger partial charge in [-0.1, -0.05) is 0 Å². The van der Waals surface area contributed by atoms with Crippen molar-refractivity contribution in [3.63, 3.8) is 0 Å². The molecule has 0 amide bonds. The summed E-state index contributed by atoms with van der Waals surface area (Å²) in [7, 11) is 1.79. The second-order valence-corrected chi connectivity index (χ2v) is 5.61. The monoisotopic (exact) mass is 284 g/mol. The molecule has 0 N–H and O–H groups in total. The van der Waals surface area contributed by atoms with E-state index >= 15 is 0 Å². The fourth-order valence-electron chi connectivity index (χ4n) is 2.85. The molecule has 0 spiro atoms. The van der Waals surface area contributed by atoms with Crippen molar-refractivity contribution in [1.82, 2.24) is 14.5 Å². The van der Waals surface area contributed by atoms with Crippen LogP contribution in [0.4, 0.5) is 5.95 Å². The predicted octanol–water partition coefficient (Wildman–Crippen LogP) is 2.22. The van der Waals surface area contributed by atoms with Crippen LogP contribution in [0.15, 0.2) is 35.4 Å². The first-order valence-electron chi connectivity index (χ1n) is 7.42. The van der Waals surface area contributed by atoms with E-state index in [0.29, 0.717) is 11.7 Å². The van der Waals surface area contributed by atoms with Gasteiger partial charge in [0.1, 0.15) is 0 Å². The minimum absolute atomic E-state index is 0.0235. The van der Waals surface area contributed by atoms with Gasteiger partial charge in [-0.05, 0) is 38.3 Å². The van der Waals surface area contributed by atoms with Crippen LogP contribution < -0.4 is 10.5 Å². The first-order chi connectivity index (χ1) is 10.2. The number of hydrogen-bond donors (Lipinski definition) is 0. The molecule has 0 saturated carbocycles. The van der Waals surface area contributed by atoms with Gasteiger partial charge in [0.15, 0.2) is 0 Å². The van der Waals surface area contributed by atoms with Crippen molar-refractivity contribution < 1.29 is 0 Å². The van der Waals surface area contributed by atoms with Crippen LogP contribution in [-0.2, 0) is 7.05 Å². The quantitative estimate of drug-likeness (QED) is 0.848. The van der Waals surface area contributed by atoms with Crippen LogP contribution in [0.1, 0.15) is 26.2 Å². The van der Waals surface area contributed by atoms with E-state index in [1.165, 1.54) is 6.42 Å². The number of rotatable bonds is 2.